The highest BCUT2D eigenvalue weighted by atomic mass is 35.5. The van der Waals surface area contributed by atoms with Crippen LogP contribution in [0.15, 0.2) is 11.1 Å². The first-order valence-corrected chi connectivity index (χ1v) is 6.03. The van der Waals surface area contributed by atoms with Crippen LogP contribution in [0, 0.1) is 5.41 Å². The zero-order valence-electron chi connectivity index (χ0n) is 9.75. The molecular weight excluding hydrogens is 242 g/mol. The lowest BCUT2D eigenvalue weighted by Crippen LogP contribution is -2.33. The molecule has 1 saturated heterocycles. The number of aromatic amines is 1. The number of rotatable bonds is 3. The Kier molecular flexibility index (Phi) is 3.69. The minimum atomic E-state index is -0.318. The Labute approximate surface area is 105 Å². The van der Waals surface area contributed by atoms with Crippen molar-refractivity contribution in [2.75, 3.05) is 25.1 Å². The summed E-state index contributed by atoms with van der Waals surface area (Å²) >= 11 is 5.86. The molecule has 2 N–H and O–H groups in total. The number of hydrogen-bond donors (Lipinski definition) is 2. The maximum atomic E-state index is 11.3. The van der Waals surface area contributed by atoms with Crippen LogP contribution in [0.4, 0.5) is 5.82 Å². The van der Waals surface area contributed by atoms with Crippen molar-refractivity contribution in [2.45, 2.75) is 19.8 Å². The lowest BCUT2D eigenvalue weighted by Gasteiger charge is -2.33. The van der Waals surface area contributed by atoms with Crippen LogP contribution >= 0.6 is 11.6 Å². The molecule has 6 heteroatoms. The second-order valence-corrected chi connectivity index (χ2v) is 5.05. The Bertz CT molecular complexity index is 441. The second kappa shape index (κ2) is 5.06. The van der Waals surface area contributed by atoms with E-state index in [1.54, 1.807) is 0 Å². The number of ether oxygens (including phenoxy) is 1. The molecule has 0 bridgehead atoms. The van der Waals surface area contributed by atoms with Crippen molar-refractivity contribution in [3.8, 4) is 0 Å². The van der Waals surface area contributed by atoms with E-state index in [0.29, 0.717) is 5.82 Å². The molecule has 2 heterocycles. The summed E-state index contributed by atoms with van der Waals surface area (Å²) in [6.45, 7) is 4.51. The molecular formula is C11H16ClN3O2. The molecule has 94 valence electrons. The van der Waals surface area contributed by atoms with Gasteiger partial charge < -0.3 is 15.0 Å². The maximum Gasteiger partial charge on any atom is 0.271 e. The Morgan fingerprint density at radius 1 is 1.59 bits per heavy atom. The van der Waals surface area contributed by atoms with Gasteiger partial charge in [-0.3, -0.25) is 4.79 Å². The fourth-order valence-electron chi connectivity index (χ4n) is 1.84. The fraction of sp³-hybridized carbons (Fsp3) is 0.636. The van der Waals surface area contributed by atoms with Crippen LogP contribution < -0.4 is 10.9 Å². The smallest absolute Gasteiger partial charge is 0.271 e. The van der Waals surface area contributed by atoms with Crippen molar-refractivity contribution < 1.29 is 4.74 Å². The third-order valence-corrected chi connectivity index (χ3v) is 3.53. The molecule has 5 nitrogen and oxygen atoms in total. The van der Waals surface area contributed by atoms with Gasteiger partial charge in [0.25, 0.3) is 5.56 Å². The number of H-pyrrole nitrogens is 1. The molecule has 2 rings (SSSR count). The molecule has 0 aliphatic carbocycles. The standard InChI is InChI=1S/C11H16ClN3O2/c1-11(2-4-17-5-3-11)6-13-9-8(12)10(16)15-7-14-9/h7H,2-6H2,1H3,(H2,13,14,15,16). The van der Waals surface area contributed by atoms with E-state index in [-0.39, 0.29) is 16.0 Å². The van der Waals surface area contributed by atoms with Crippen LogP contribution in [0.25, 0.3) is 0 Å². The van der Waals surface area contributed by atoms with E-state index < -0.39 is 0 Å². The highest BCUT2D eigenvalue weighted by molar-refractivity contribution is 6.32. The fourth-order valence-corrected chi connectivity index (χ4v) is 2.01. The quantitative estimate of drug-likeness (QED) is 0.864. The van der Waals surface area contributed by atoms with Gasteiger partial charge in [0.05, 0.1) is 6.33 Å². The van der Waals surface area contributed by atoms with E-state index in [0.717, 1.165) is 32.6 Å². The Morgan fingerprint density at radius 3 is 3.00 bits per heavy atom. The molecule has 1 aromatic heterocycles. The molecule has 1 aliphatic heterocycles. The SMILES string of the molecule is CC1(CNc2nc[nH]c(=O)c2Cl)CCOCC1. The predicted molar refractivity (Wildman–Crippen MR) is 66.5 cm³/mol. The van der Waals surface area contributed by atoms with E-state index in [2.05, 4.69) is 22.2 Å². The second-order valence-electron chi connectivity index (χ2n) is 4.67. The number of anilines is 1. The Balaban J connectivity index is 2.02. The predicted octanol–water partition coefficient (Wildman–Crippen LogP) is 1.65. The van der Waals surface area contributed by atoms with Crippen molar-refractivity contribution >= 4 is 17.4 Å². The average molecular weight is 258 g/mol. The molecule has 1 aromatic rings. The van der Waals surface area contributed by atoms with Gasteiger partial charge in [-0.15, -0.1) is 0 Å². The van der Waals surface area contributed by atoms with Crippen molar-refractivity contribution in [1.82, 2.24) is 9.97 Å². The average Bonchev–Trinajstić information content (AvgIpc) is 2.32. The van der Waals surface area contributed by atoms with Crippen molar-refractivity contribution in [3.63, 3.8) is 0 Å². The van der Waals surface area contributed by atoms with Gasteiger partial charge in [0, 0.05) is 19.8 Å². The monoisotopic (exact) mass is 257 g/mol. The van der Waals surface area contributed by atoms with Gasteiger partial charge in [-0.25, -0.2) is 4.98 Å². The molecule has 0 aromatic carbocycles. The van der Waals surface area contributed by atoms with E-state index in [1.165, 1.54) is 6.33 Å². The van der Waals surface area contributed by atoms with Crippen molar-refractivity contribution in [1.29, 1.82) is 0 Å². The molecule has 0 unspecified atom stereocenters. The Morgan fingerprint density at radius 2 is 2.29 bits per heavy atom. The number of aromatic nitrogens is 2. The molecule has 0 atom stereocenters. The summed E-state index contributed by atoms with van der Waals surface area (Å²) in [5, 5.41) is 3.26. The number of halogens is 1. The molecule has 1 aliphatic rings. The van der Waals surface area contributed by atoms with Gasteiger partial charge >= 0.3 is 0 Å². The highest BCUT2D eigenvalue weighted by Gasteiger charge is 2.27. The number of nitrogens with zero attached hydrogens (tertiary/aromatic N) is 1. The Hall–Kier alpha value is -1.07. The summed E-state index contributed by atoms with van der Waals surface area (Å²) in [6, 6.07) is 0. The summed E-state index contributed by atoms with van der Waals surface area (Å²) < 4.78 is 5.34. The third-order valence-electron chi connectivity index (χ3n) is 3.18. The molecule has 1 fully saturated rings. The van der Waals surface area contributed by atoms with Crippen LogP contribution in [0.3, 0.4) is 0 Å². The summed E-state index contributed by atoms with van der Waals surface area (Å²) in [5.41, 5.74) is -0.146. The van der Waals surface area contributed by atoms with Crippen LogP contribution in [-0.2, 0) is 4.74 Å². The van der Waals surface area contributed by atoms with Gasteiger partial charge in [-0.2, -0.15) is 0 Å². The number of hydrogen-bond acceptors (Lipinski definition) is 4. The van der Waals surface area contributed by atoms with Gasteiger partial charge in [0.15, 0.2) is 5.82 Å². The van der Waals surface area contributed by atoms with Crippen molar-refractivity contribution in [3.05, 3.63) is 21.7 Å². The zero-order valence-corrected chi connectivity index (χ0v) is 10.5. The summed E-state index contributed by atoms with van der Waals surface area (Å²) in [6.07, 6.45) is 3.35. The minimum absolute atomic E-state index is 0.114. The van der Waals surface area contributed by atoms with Crippen LogP contribution in [0.1, 0.15) is 19.8 Å². The third kappa shape index (κ3) is 2.98. The van der Waals surface area contributed by atoms with Crippen molar-refractivity contribution in [2.24, 2.45) is 5.41 Å². The lowest BCUT2D eigenvalue weighted by molar-refractivity contribution is 0.0300. The van der Waals surface area contributed by atoms with Gasteiger partial charge in [-0.1, -0.05) is 18.5 Å². The summed E-state index contributed by atoms with van der Waals surface area (Å²) in [4.78, 5) is 17.7. The van der Waals surface area contributed by atoms with Crippen LogP contribution in [0.2, 0.25) is 5.02 Å². The lowest BCUT2D eigenvalue weighted by atomic mass is 9.82. The molecule has 0 saturated carbocycles. The maximum absolute atomic E-state index is 11.3. The zero-order chi connectivity index (χ0) is 12.3. The molecule has 0 amide bonds. The topological polar surface area (TPSA) is 67.0 Å². The van der Waals surface area contributed by atoms with E-state index >= 15 is 0 Å². The van der Waals surface area contributed by atoms with Crippen LogP contribution in [0.5, 0.6) is 0 Å². The summed E-state index contributed by atoms with van der Waals surface area (Å²) in [5.74, 6) is 0.447. The van der Waals surface area contributed by atoms with E-state index in [9.17, 15) is 4.79 Å². The van der Waals surface area contributed by atoms with Crippen LogP contribution in [-0.4, -0.2) is 29.7 Å². The first-order valence-electron chi connectivity index (χ1n) is 5.66. The first kappa shape index (κ1) is 12.4. The summed E-state index contributed by atoms with van der Waals surface area (Å²) in [7, 11) is 0. The first-order chi connectivity index (χ1) is 8.11. The van der Waals surface area contributed by atoms with E-state index in [1.807, 2.05) is 0 Å². The molecule has 0 radical (unpaired) electrons. The van der Waals surface area contributed by atoms with Gasteiger partial charge in [-0.05, 0) is 18.3 Å². The van der Waals surface area contributed by atoms with Gasteiger partial charge in [0.2, 0.25) is 0 Å². The normalized spacial score (nSPS) is 18.9. The highest BCUT2D eigenvalue weighted by Crippen LogP contribution is 2.30. The van der Waals surface area contributed by atoms with E-state index in [4.69, 9.17) is 16.3 Å². The van der Waals surface area contributed by atoms with Gasteiger partial charge in [0.1, 0.15) is 5.02 Å². The largest absolute Gasteiger partial charge is 0.381 e. The molecule has 0 spiro atoms. The number of nitrogens with one attached hydrogen (secondary N) is 2. The molecule has 17 heavy (non-hydrogen) atoms. The minimum Gasteiger partial charge on any atom is -0.381 e.